The first-order chi connectivity index (χ1) is 12.0. The van der Waals surface area contributed by atoms with Crippen LogP contribution in [0.5, 0.6) is 0 Å². The van der Waals surface area contributed by atoms with Crippen LogP contribution in [0.1, 0.15) is 43.1 Å². The van der Waals surface area contributed by atoms with Crippen LogP contribution >= 0.6 is 0 Å². The molecule has 1 fully saturated rings. The molecule has 0 saturated heterocycles. The van der Waals surface area contributed by atoms with Crippen LogP contribution in [0.2, 0.25) is 0 Å². The number of nitrogens with one attached hydrogen (secondary N) is 1. The SMILES string of the molecule is CS(=O)(=O)c1c(F)cc(-c2nc(C(F)(F)F)[nH]c2C2CCCC2)cc1F. The molecule has 1 saturated carbocycles. The number of hydrogen-bond donors (Lipinski definition) is 1. The minimum Gasteiger partial charge on any atom is -0.337 e. The van der Waals surface area contributed by atoms with E-state index in [0.29, 0.717) is 31.2 Å². The Labute approximate surface area is 146 Å². The molecule has 1 aliphatic carbocycles. The van der Waals surface area contributed by atoms with Crippen molar-refractivity contribution in [2.45, 2.75) is 42.7 Å². The van der Waals surface area contributed by atoms with Crippen molar-refractivity contribution in [2.75, 3.05) is 6.26 Å². The Morgan fingerprint density at radius 3 is 2.12 bits per heavy atom. The second-order valence-corrected chi connectivity index (χ2v) is 8.32. The minimum atomic E-state index is -4.74. The van der Waals surface area contributed by atoms with Gasteiger partial charge in [0.25, 0.3) is 0 Å². The Kier molecular flexibility index (Phi) is 4.58. The molecule has 26 heavy (non-hydrogen) atoms. The number of aromatic amines is 1. The molecule has 1 aromatic heterocycles. The number of H-pyrrole nitrogens is 1. The molecular weight excluding hydrogens is 379 g/mol. The van der Waals surface area contributed by atoms with Gasteiger partial charge in [0, 0.05) is 23.4 Å². The van der Waals surface area contributed by atoms with Crippen molar-refractivity contribution in [3.8, 4) is 11.3 Å². The molecule has 1 N–H and O–H groups in total. The lowest BCUT2D eigenvalue weighted by molar-refractivity contribution is -0.144. The summed E-state index contributed by atoms with van der Waals surface area (Å²) in [6.45, 7) is 0. The van der Waals surface area contributed by atoms with Crippen LogP contribution in [-0.4, -0.2) is 24.6 Å². The van der Waals surface area contributed by atoms with Crippen LogP contribution in [0.4, 0.5) is 22.0 Å². The van der Waals surface area contributed by atoms with Gasteiger partial charge >= 0.3 is 6.18 Å². The molecule has 0 bridgehead atoms. The average molecular weight is 394 g/mol. The predicted octanol–water partition coefficient (Wildman–Crippen LogP) is 4.43. The van der Waals surface area contributed by atoms with Gasteiger partial charge in [-0.3, -0.25) is 0 Å². The smallest absolute Gasteiger partial charge is 0.337 e. The highest BCUT2D eigenvalue weighted by Crippen LogP contribution is 2.41. The summed E-state index contributed by atoms with van der Waals surface area (Å²) in [5.74, 6) is -4.20. The van der Waals surface area contributed by atoms with E-state index in [1.165, 1.54) is 0 Å². The lowest BCUT2D eigenvalue weighted by Crippen LogP contribution is -2.07. The van der Waals surface area contributed by atoms with Gasteiger partial charge in [-0.2, -0.15) is 13.2 Å². The number of aromatic nitrogens is 2. The zero-order chi connectivity index (χ0) is 19.3. The van der Waals surface area contributed by atoms with Crippen LogP contribution in [0.25, 0.3) is 11.3 Å². The summed E-state index contributed by atoms with van der Waals surface area (Å²) in [5.41, 5.74) is -0.274. The van der Waals surface area contributed by atoms with Crippen molar-refractivity contribution in [1.29, 1.82) is 0 Å². The number of sulfone groups is 1. The van der Waals surface area contributed by atoms with Crippen molar-refractivity contribution >= 4 is 9.84 Å². The molecule has 0 unspecified atom stereocenters. The summed E-state index contributed by atoms with van der Waals surface area (Å²) < 4.78 is 90.4. The second-order valence-electron chi connectivity index (χ2n) is 6.37. The maximum atomic E-state index is 14.2. The summed E-state index contributed by atoms with van der Waals surface area (Å²) >= 11 is 0. The van der Waals surface area contributed by atoms with Crippen molar-refractivity contribution in [1.82, 2.24) is 9.97 Å². The summed E-state index contributed by atoms with van der Waals surface area (Å²) in [7, 11) is -4.17. The summed E-state index contributed by atoms with van der Waals surface area (Å²) in [5, 5.41) is 0. The summed E-state index contributed by atoms with van der Waals surface area (Å²) in [6.07, 6.45) is -1.15. The lowest BCUT2D eigenvalue weighted by atomic mass is 9.99. The molecule has 10 heteroatoms. The fraction of sp³-hybridized carbons (Fsp3) is 0.438. The van der Waals surface area contributed by atoms with E-state index in [9.17, 15) is 30.4 Å². The molecule has 0 spiro atoms. The van der Waals surface area contributed by atoms with Gasteiger partial charge in [-0.05, 0) is 25.0 Å². The third kappa shape index (κ3) is 3.46. The molecule has 3 rings (SSSR count). The number of hydrogen-bond acceptors (Lipinski definition) is 3. The number of nitrogens with zero attached hydrogens (tertiary/aromatic N) is 1. The van der Waals surface area contributed by atoms with Gasteiger partial charge in [-0.1, -0.05) is 12.8 Å². The molecule has 1 aromatic carbocycles. The van der Waals surface area contributed by atoms with Gasteiger partial charge in [0.1, 0.15) is 16.5 Å². The van der Waals surface area contributed by atoms with Gasteiger partial charge < -0.3 is 4.98 Å². The molecular formula is C16H15F5N2O2S. The fourth-order valence-corrected chi connectivity index (χ4v) is 4.13. The number of imidazole rings is 1. The highest BCUT2D eigenvalue weighted by molar-refractivity contribution is 7.90. The maximum Gasteiger partial charge on any atom is 0.449 e. The van der Waals surface area contributed by atoms with E-state index in [1.807, 2.05) is 0 Å². The molecule has 4 nitrogen and oxygen atoms in total. The van der Waals surface area contributed by atoms with E-state index >= 15 is 0 Å². The van der Waals surface area contributed by atoms with E-state index in [-0.39, 0.29) is 22.9 Å². The van der Waals surface area contributed by atoms with E-state index in [1.54, 1.807) is 0 Å². The Balaban J connectivity index is 2.18. The molecule has 1 aliphatic rings. The van der Waals surface area contributed by atoms with Gasteiger partial charge in [-0.15, -0.1) is 0 Å². The van der Waals surface area contributed by atoms with Gasteiger partial charge in [-0.25, -0.2) is 22.2 Å². The topological polar surface area (TPSA) is 62.8 Å². The average Bonchev–Trinajstić information content (AvgIpc) is 3.13. The van der Waals surface area contributed by atoms with E-state index in [2.05, 4.69) is 9.97 Å². The highest BCUT2D eigenvalue weighted by atomic mass is 32.2. The number of halogens is 5. The van der Waals surface area contributed by atoms with Gasteiger partial charge in [0.15, 0.2) is 9.84 Å². The first-order valence-electron chi connectivity index (χ1n) is 7.85. The highest BCUT2D eigenvalue weighted by Gasteiger charge is 2.37. The summed E-state index contributed by atoms with van der Waals surface area (Å²) in [4.78, 5) is 4.64. The Hall–Kier alpha value is -1.97. The number of rotatable bonds is 3. The molecule has 2 aromatic rings. The van der Waals surface area contributed by atoms with E-state index in [0.717, 1.165) is 12.8 Å². The normalized spacial score (nSPS) is 16.4. The zero-order valence-corrected chi connectivity index (χ0v) is 14.4. The first kappa shape index (κ1) is 18.8. The monoisotopic (exact) mass is 394 g/mol. The zero-order valence-electron chi connectivity index (χ0n) is 13.6. The molecule has 0 atom stereocenters. The van der Waals surface area contributed by atoms with Gasteiger partial charge in [0.05, 0.1) is 5.69 Å². The third-order valence-electron chi connectivity index (χ3n) is 4.41. The van der Waals surface area contributed by atoms with Gasteiger partial charge in [0.2, 0.25) is 5.82 Å². The number of benzene rings is 1. The third-order valence-corrected chi connectivity index (χ3v) is 5.54. The largest absolute Gasteiger partial charge is 0.449 e. The van der Waals surface area contributed by atoms with Crippen LogP contribution in [0, 0.1) is 11.6 Å². The van der Waals surface area contributed by atoms with E-state index < -0.39 is 38.4 Å². The Morgan fingerprint density at radius 2 is 1.65 bits per heavy atom. The van der Waals surface area contributed by atoms with E-state index in [4.69, 9.17) is 0 Å². The standard InChI is InChI=1S/C16H15F5N2O2S/c1-26(24,25)14-10(17)6-9(7-11(14)18)13-12(8-4-2-3-5-8)22-15(23-13)16(19,20)21/h6-8H,2-5H2,1H3,(H,22,23). The summed E-state index contributed by atoms with van der Waals surface area (Å²) in [6, 6.07) is 1.41. The second kappa shape index (κ2) is 6.33. The van der Waals surface area contributed by atoms with Crippen molar-refractivity contribution in [2.24, 2.45) is 0 Å². The Morgan fingerprint density at radius 1 is 1.12 bits per heavy atom. The molecule has 1 heterocycles. The van der Waals surface area contributed by atoms with Crippen molar-refractivity contribution in [3.05, 3.63) is 35.3 Å². The molecule has 0 amide bonds. The lowest BCUT2D eigenvalue weighted by Gasteiger charge is -2.11. The number of alkyl halides is 3. The molecule has 142 valence electrons. The van der Waals surface area contributed by atoms with Crippen molar-refractivity contribution in [3.63, 3.8) is 0 Å². The molecule has 0 aliphatic heterocycles. The van der Waals surface area contributed by atoms with Crippen molar-refractivity contribution < 1.29 is 30.4 Å². The maximum absolute atomic E-state index is 14.2. The van der Waals surface area contributed by atoms with Crippen LogP contribution < -0.4 is 0 Å². The van der Waals surface area contributed by atoms with Crippen LogP contribution in [-0.2, 0) is 16.0 Å². The first-order valence-corrected chi connectivity index (χ1v) is 9.74. The fourth-order valence-electron chi connectivity index (χ4n) is 3.30. The minimum absolute atomic E-state index is 0.167. The van der Waals surface area contributed by atoms with Crippen LogP contribution in [0.3, 0.4) is 0 Å². The molecule has 0 radical (unpaired) electrons. The Bertz CT molecular complexity index is 921. The van der Waals surface area contributed by atoms with Crippen LogP contribution in [0.15, 0.2) is 17.0 Å². The quantitative estimate of drug-likeness (QED) is 0.784. The predicted molar refractivity (Wildman–Crippen MR) is 83.3 cm³/mol.